The molecule has 1 fully saturated rings. The highest BCUT2D eigenvalue weighted by Gasteiger charge is 2.25. The largest absolute Gasteiger partial charge is 0.300 e. The highest BCUT2D eigenvalue weighted by molar-refractivity contribution is 5.81. The van der Waals surface area contributed by atoms with Gasteiger partial charge >= 0.3 is 0 Å². The molecule has 0 aromatic heterocycles. The molecule has 17 heavy (non-hydrogen) atoms. The molecule has 1 saturated carbocycles. The summed E-state index contributed by atoms with van der Waals surface area (Å²) in [6.45, 7) is 8.94. The van der Waals surface area contributed by atoms with Gasteiger partial charge in [0, 0.05) is 24.9 Å². The molecular weight excluding hydrogens is 210 g/mol. The van der Waals surface area contributed by atoms with Gasteiger partial charge in [0.1, 0.15) is 5.78 Å². The molecule has 0 spiro atoms. The summed E-state index contributed by atoms with van der Waals surface area (Å²) in [6, 6.07) is 0.622. The number of unbranched alkanes of at least 4 members (excludes halogenated alkanes) is 1. The Hall–Kier alpha value is -0.370. The standard InChI is InChI=1S/C15H29NO/c1-4-6-11-16(13(3)5-2)12-14-9-7-8-10-15(14)17/h13-14H,4-12H2,1-3H3. The zero-order chi connectivity index (χ0) is 12.7. The third-order valence-corrected chi connectivity index (χ3v) is 4.15. The minimum Gasteiger partial charge on any atom is -0.300 e. The van der Waals surface area contributed by atoms with Crippen LogP contribution in [0.15, 0.2) is 0 Å². The maximum Gasteiger partial charge on any atom is 0.137 e. The molecule has 0 aliphatic heterocycles. The Bertz CT molecular complexity index is 227. The van der Waals surface area contributed by atoms with E-state index in [0.29, 0.717) is 17.7 Å². The van der Waals surface area contributed by atoms with E-state index in [-0.39, 0.29) is 0 Å². The van der Waals surface area contributed by atoms with Crippen LogP contribution in [0.4, 0.5) is 0 Å². The minimum atomic E-state index is 0.328. The normalized spacial score (nSPS) is 23.1. The average Bonchev–Trinajstić information content (AvgIpc) is 2.35. The van der Waals surface area contributed by atoms with Crippen molar-refractivity contribution >= 4 is 5.78 Å². The molecule has 0 saturated heterocycles. The predicted octanol–water partition coefficient (Wildman–Crippen LogP) is 3.65. The van der Waals surface area contributed by atoms with Gasteiger partial charge < -0.3 is 0 Å². The number of carbonyl (C=O) groups is 1. The first kappa shape index (κ1) is 14.7. The van der Waals surface area contributed by atoms with E-state index in [0.717, 1.165) is 32.4 Å². The molecule has 0 aromatic rings. The molecule has 2 atom stereocenters. The second kappa shape index (κ2) is 7.86. The maximum absolute atomic E-state index is 11.9. The van der Waals surface area contributed by atoms with Crippen molar-refractivity contribution in [2.24, 2.45) is 5.92 Å². The van der Waals surface area contributed by atoms with Crippen molar-refractivity contribution in [1.29, 1.82) is 0 Å². The van der Waals surface area contributed by atoms with Crippen molar-refractivity contribution in [3.05, 3.63) is 0 Å². The summed E-state index contributed by atoms with van der Waals surface area (Å²) in [5, 5.41) is 0. The summed E-state index contributed by atoms with van der Waals surface area (Å²) in [5.41, 5.74) is 0. The van der Waals surface area contributed by atoms with E-state index in [9.17, 15) is 4.79 Å². The van der Waals surface area contributed by atoms with Gasteiger partial charge in [0.15, 0.2) is 0 Å². The third kappa shape index (κ3) is 4.79. The van der Waals surface area contributed by atoms with Crippen molar-refractivity contribution in [2.75, 3.05) is 13.1 Å². The molecule has 0 radical (unpaired) electrons. The fourth-order valence-electron chi connectivity index (χ4n) is 2.64. The van der Waals surface area contributed by atoms with E-state index in [2.05, 4.69) is 25.7 Å². The monoisotopic (exact) mass is 239 g/mol. The lowest BCUT2D eigenvalue weighted by Crippen LogP contribution is -2.40. The van der Waals surface area contributed by atoms with Crippen LogP contribution in [-0.4, -0.2) is 29.8 Å². The maximum atomic E-state index is 11.9. The molecule has 0 N–H and O–H groups in total. The molecule has 2 nitrogen and oxygen atoms in total. The van der Waals surface area contributed by atoms with Gasteiger partial charge in [-0.2, -0.15) is 0 Å². The summed E-state index contributed by atoms with van der Waals surface area (Å²) < 4.78 is 0. The smallest absolute Gasteiger partial charge is 0.137 e. The van der Waals surface area contributed by atoms with Crippen LogP contribution in [0, 0.1) is 5.92 Å². The topological polar surface area (TPSA) is 20.3 Å². The summed E-state index contributed by atoms with van der Waals surface area (Å²) in [7, 11) is 0. The molecule has 0 heterocycles. The fourth-order valence-corrected chi connectivity index (χ4v) is 2.64. The van der Waals surface area contributed by atoms with E-state index in [1.165, 1.54) is 25.7 Å². The number of hydrogen-bond donors (Lipinski definition) is 0. The Morgan fingerprint density at radius 3 is 2.71 bits per heavy atom. The van der Waals surface area contributed by atoms with Gasteiger partial charge in [-0.1, -0.05) is 26.7 Å². The summed E-state index contributed by atoms with van der Waals surface area (Å²) in [5.74, 6) is 0.843. The van der Waals surface area contributed by atoms with Gasteiger partial charge in [0.05, 0.1) is 0 Å². The van der Waals surface area contributed by atoms with E-state index in [4.69, 9.17) is 0 Å². The number of nitrogens with zero attached hydrogens (tertiary/aromatic N) is 1. The van der Waals surface area contributed by atoms with Crippen LogP contribution >= 0.6 is 0 Å². The molecule has 1 aliphatic carbocycles. The molecule has 0 bridgehead atoms. The minimum absolute atomic E-state index is 0.328. The van der Waals surface area contributed by atoms with Crippen molar-refractivity contribution in [2.45, 2.75) is 71.8 Å². The van der Waals surface area contributed by atoms with Crippen LogP contribution < -0.4 is 0 Å². The molecule has 1 rings (SSSR count). The van der Waals surface area contributed by atoms with E-state index in [1.54, 1.807) is 0 Å². The van der Waals surface area contributed by atoms with Crippen LogP contribution in [0.3, 0.4) is 0 Å². The lowest BCUT2D eigenvalue weighted by Gasteiger charge is -2.33. The van der Waals surface area contributed by atoms with Crippen LogP contribution in [0.5, 0.6) is 0 Å². The second-order valence-corrected chi connectivity index (χ2v) is 5.51. The quantitative estimate of drug-likeness (QED) is 0.676. The molecule has 1 aliphatic rings. The van der Waals surface area contributed by atoms with Crippen molar-refractivity contribution in [1.82, 2.24) is 4.90 Å². The van der Waals surface area contributed by atoms with Gasteiger partial charge in [-0.05, 0) is 39.2 Å². The zero-order valence-electron chi connectivity index (χ0n) is 11.9. The summed E-state index contributed by atoms with van der Waals surface area (Å²) in [6.07, 6.45) is 8.00. The highest BCUT2D eigenvalue weighted by Crippen LogP contribution is 2.22. The lowest BCUT2D eigenvalue weighted by molar-refractivity contribution is -0.125. The van der Waals surface area contributed by atoms with Gasteiger partial charge in [0.25, 0.3) is 0 Å². The second-order valence-electron chi connectivity index (χ2n) is 5.51. The van der Waals surface area contributed by atoms with Gasteiger partial charge in [-0.25, -0.2) is 0 Å². The average molecular weight is 239 g/mol. The number of carbonyl (C=O) groups excluding carboxylic acids is 1. The number of rotatable bonds is 7. The lowest BCUT2D eigenvalue weighted by atomic mass is 9.87. The Morgan fingerprint density at radius 2 is 2.12 bits per heavy atom. The van der Waals surface area contributed by atoms with Crippen LogP contribution in [-0.2, 0) is 4.79 Å². The van der Waals surface area contributed by atoms with Crippen molar-refractivity contribution in [3.63, 3.8) is 0 Å². The molecule has 0 aromatic carbocycles. The first-order valence-electron chi connectivity index (χ1n) is 7.45. The SMILES string of the molecule is CCCCN(CC1CCCCC1=O)C(C)CC. The molecule has 2 heteroatoms. The van der Waals surface area contributed by atoms with Crippen LogP contribution in [0.25, 0.3) is 0 Å². The fraction of sp³-hybridized carbons (Fsp3) is 0.933. The first-order chi connectivity index (χ1) is 8.19. The van der Waals surface area contributed by atoms with Crippen molar-refractivity contribution < 1.29 is 4.79 Å². The Morgan fingerprint density at radius 1 is 1.35 bits per heavy atom. The van der Waals surface area contributed by atoms with Gasteiger partial charge in [-0.3, -0.25) is 9.69 Å². The molecular formula is C15H29NO. The number of ketones is 1. The van der Waals surface area contributed by atoms with Crippen molar-refractivity contribution in [3.8, 4) is 0 Å². The van der Waals surface area contributed by atoms with E-state index in [1.807, 2.05) is 0 Å². The van der Waals surface area contributed by atoms with Gasteiger partial charge in [0.2, 0.25) is 0 Å². The first-order valence-corrected chi connectivity index (χ1v) is 7.45. The zero-order valence-corrected chi connectivity index (χ0v) is 11.9. The summed E-state index contributed by atoms with van der Waals surface area (Å²) >= 11 is 0. The van der Waals surface area contributed by atoms with Crippen LogP contribution in [0.2, 0.25) is 0 Å². The van der Waals surface area contributed by atoms with Gasteiger partial charge in [-0.15, -0.1) is 0 Å². The van der Waals surface area contributed by atoms with E-state index < -0.39 is 0 Å². The Balaban J connectivity index is 2.48. The molecule has 100 valence electrons. The Kier molecular flexibility index (Phi) is 6.79. The number of Topliss-reactive ketones (excluding diaryl/α,β-unsaturated/α-hetero) is 1. The predicted molar refractivity (Wildman–Crippen MR) is 73.2 cm³/mol. The highest BCUT2D eigenvalue weighted by atomic mass is 16.1. The van der Waals surface area contributed by atoms with E-state index >= 15 is 0 Å². The third-order valence-electron chi connectivity index (χ3n) is 4.15. The molecule has 0 amide bonds. The van der Waals surface area contributed by atoms with Crippen LogP contribution in [0.1, 0.15) is 65.7 Å². The molecule has 2 unspecified atom stereocenters. The summed E-state index contributed by atoms with van der Waals surface area (Å²) in [4.78, 5) is 14.4. The number of hydrogen-bond acceptors (Lipinski definition) is 2. The Labute approximate surface area is 107 Å².